The minimum Gasteiger partial charge on any atom is -0.293 e. The molecule has 0 aliphatic rings. The summed E-state index contributed by atoms with van der Waals surface area (Å²) >= 11 is 3.28. The summed E-state index contributed by atoms with van der Waals surface area (Å²) in [6, 6.07) is 12.2. The largest absolute Gasteiger partial charge is 0.293 e. The molecule has 98 valence electrons. The molecule has 2 rings (SSSR count). The van der Waals surface area contributed by atoms with Crippen molar-refractivity contribution in [3.05, 3.63) is 64.4 Å². The van der Waals surface area contributed by atoms with Gasteiger partial charge >= 0.3 is 0 Å². The molecule has 19 heavy (non-hydrogen) atoms. The SMILES string of the molecule is O=C(CS(=O)c1ccc(F)cc1)c1cccc(Br)c1. The van der Waals surface area contributed by atoms with Gasteiger partial charge in [-0.05, 0) is 36.4 Å². The topological polar surface area (TPSA) is 34.1 Å². The lowest BCUT2D eigenvalue weighted by Gasteiger charge is -2.03. The van der Waals surface area contributed by atoms with Crippen LogP contribution < -0.4 is 0 Å². The van der Waals surface area contributed by atoms with E-state index in [9.17, 15) is 13.4 Å². The number of Topliss-reactive ketones (excluding diaryl/α,β-unsaturated/α-hetero) is 1. The lowest BCUT2D eigenvalue weighted by molar-refractivity contribution is 0.102. The highest BCUT2D eigenvalue weighted by molar-refractivity contribution is 9.10. The van der Waals surface area contributed by atoms with Crippen molar-refractivity contribution in [3.63, 3.8) is 0 Å². The molecule has 0 spiro atoms. The molecular weight excluding hydrogens is 331 g/mol. The number of rotatable bonds is 4. The maximum Gasteiger partial charge on any atom is 0.175 e. The highest BCUT2D eigenvalue weighted by Gasteiger charge is 2.12. The molecule has 0 aliphatic carbocycles. The van der Waals surface area contributed by atoms with Crippen LogP contribution in [-0.2, 0) is 10.8 Å². The zero-order valence-electron chi connectivity index (χ0n) is 9.81. The molecule has 0 amide bonds. The maximum absolute atomic E-state index is 12.8. The summed E-state index contributed by atoms with van der Waals surface area (Å²) in [4.78, 5) is 12.4. The Balaban J connectivity index is 2.11. The monoisotopic (exact) mass is 340 g/mol. The van der Waals surface area contributed by atoms with Crippen molar-refractivity contribution >= 4 is 32.5 Å². The maximum atomic E-state index is 12.8. The normalized spacial score (nSPS) is 12.1. The van der Waals surface area contributed by atoms with Crippen molar-refractivity contribution < 1.29 is 13.4 Å². The standard InChI is InChI=1S/C14H10BrFO2S/c15-11-3-1-2-10(8-11)14(17)9-19(18)13-6-4-12(16)5-7-13/h1-8H,9H2. The highest BCUT2D eigenvalue weighted by atomic mass is 79.9. The van der Waals surface area contributed by atoms with Crippen molar-refractivity contribution in [3.8, 4) is 0 Å². The van der Waals surface area contributed by atoms with Gasteiger partial charge in [-0.3, -0.25) is 9.00 Å². The van der Waals surface area contributed by atoms with E-state index in [0.717, 1.165) is 4.47 Å². The molecule has 0 heterocycles. The molecule has 2 aromatic rings. The van der Waals surface area contributed by atoms with Crippen LogP contribution in [0.3, 0.4) is 0 Å². The average Bonchev–Trinajstić information content (AvgIpc) is 2.39. The Morgan fingerprint density at radius 2 is 1.84 bits per heavy atom. The van der Waals surface area contributed by atoms with E-state index in [1.807, 2.05) is 6.07 Å². The number of benzene rings is 2. The fraction of sp³-hybridized carbons (Fsp3) is 0.0714. The second kappa shape index (κ2) is 6.21. The number of carbonyl (C=O) groups excluding carboxylic acids is 1. The zero-order chi connectivity index (χ0) is 13.8. The predicted molar refractivity (Wildman–Crippen MR) is 76.1 cm³/mol. The van der Waals surface area contributed by atoms with Gasteiger partial charge in [0.05, 0.1) is 16.6 Å². The van der Waals surface area contributed by atoms with Crippen LogP contribution in [0.25, 0.3) is 0 Å². The Morgan fingerprint density at radius 3 is 2.47 bits per heavy atom. The van der Waals surface area contributed by atoms with Crippen LogP contribution in [0.5, 0.6) is 0 Å². The van der Waals surface area contributed by atoms with Crippen LogP contribution in [0.2, 0.25) is 0 Å². The fourth-order valence-electron chi connectivity index (χ4n) is 1.53. The third-order valence-electron chi connectivity index (χ3n) is 2.49. The fourth-order valence-corrected chi connectivity index (χ4v) is 2.94. The first kappa shape index (κ1) is 14.1. The number of halogens is 2. The van der Waals surface area contributed by atoms with Crippen LogP contribution in [0.4, 0.5) is 4.39 Å². The van der Waals surface area contributed by atoms with Crippen LogP contribution in [0, 0.1) is 5.82 Å². The summed E-state index contributed by atoms with van der Waals surface area (Å²) in [5.74, 6) is -0.703. The Labute approximate surface area is 121 Å². The van der Waals surface area contributed by atoms with E-state index in [4.69, 9.17) is 0 Å². The molecule has 0 aliphatic heterocycles. The van der Waals surface area contributed by atoms with Crippen molar-refractivity contribution in [1.29, 1.82) is 0 Å². The molecule has 0 saturated carbocycles. The molecule has 5 heteroatoms. The van der Waals surface area contributed by atoms with E-state index >= 15 is 0 Å². The molecule has 2 aromatic carbocycles. The van der Waals surface area contributed by atoms with Gasteiger partial charge in [0.15, 0.2) is 5.78 Å². The first-order chi connectivity index (χ1) is 9.06. The molecular formula is C14H10BrFO2S. The van der Waals surface area contributed by atoms with Crippen molar-refractivity contribution in [1.82, 2.24) is 0 Å². The molecule has 2 nitrogen and oxygen atoms in total. The summed E-state index contributed by atoms with van der Waals surface area (Å²) in [7, 11) is -1.46. The molecule has 0 N–H and O–H groups in total. The third kappa shape index (κ3) is 3.81. The van der Waals surface area contributed by atoms with Gasteiger partial charge in [0.1, 0.15) is 5.82 Å². The van der Waals surface area contributed by atoms with Gasteiger partial charge in [-0.15, -0.1) is 0 Å². The smallest absolute Gasteiger partial charge is 0.175 e. The minimum absolute atomic E-state index is 0.109. The van der Waals surface area contributed by atoms with Gasteiger partial charge in [-0.2, -0.15) is 0 Å². The summed E-state index contributed by atoms with van der Waals surface area (Å²) in [5, 5.41) is 0. The first-order valence-corrected chi connectivity index (χ1v) is 7.60. The molecule has 0 fully saturated rings. The molecule has 0 radical (unpaired) electrons. The van der Waals surface area contributed by atoms with Gasteiger partial charge in [-0.1, -0.05) is 28.1 Å². The predicted octanol–water partition coefficient (Wildman–Crippen LogP) is 3.58. The van der Waals surface area contributed by atoms with Crippen LogP contribution >= 0.6 is 15.9 Å². The summed E-state index contributed by atoms with van der Waals surface area (Å²) < 4.78 is 25.5. The van der Waals surface area contributed by atoms with Crippen molar-refractivity contribution in [2.45, 2.75) is 4.90 Å². The van der Waals surface area contributed by atoms with E-state index in [2.05, 4.69) is 15.9 Å². The van der Waals surface area contributed by atoms with Crippen LogP contribution in [0.15, 0.2) is 57.9 Å². The third-order valence-corrected chi connectivity index (χ3v) is 4.30. The van der Waals surface area contributed by atoms with Gasteiger partial charge in [0.2, 0.25) is 0 Å². The molecule has 0 saturated heterocycles. The van der Waals surface area contributed by atoms with E-state index in [-0.39, 0.29) is 17.4 Å². The van der Waals surface area contributed by atoms with Gasteiger partial charge in [0.25, 0.3) is 0 Å². The summed E-state index contributed by atoms with van der Waals surface area (Å²) in [6.07, 6.45) is 0. The van der Waals surface area contributed by atoms with Crippen LogP contribution in [0.1, 0.15) is 10.4 Å². The second-order valence-corrected chi connectivity index (χ2v) is 6.24. The Hall–Kier alpha value is -1.33. The number of ketones is 1. The number of hydrogen-bond donors (Lipinski definition) is 0. The lowest BCUT2D eigenvalue weighted by atomic mass is 10.2. The molecule has 1 unspecified atom stereocenters. The van der Waals surface area contributed by atoms with E-state index in [0.29, 0.717) is 10.5 Å². The molecule has 1 atom stereocenters. The zero-order valence-corrected chi connectivity index (χ0v) is 12.2. The highest BCUT2D eigenvalue weighted by Crippen LogP contribution is 2.14. The quantitative estimate of drug-likeness (QED) is 0.797. The minimum atomic E-state index is -1.46. The summed E-state index contributed by atoms with van der Waals surface area (Å²) in [6.45, 7) is 0. The summed E-state index contributed by atoms with van der Waals surface area (Å²) in [5.41, 5.74) is 0.504. The van der Waals surface area contributed by atoms with Gasteiger partial charge in [0, 0.05) is 14.9 Å². The van der Waals surface area contributed by atoms with Gasteiger partial charge in [-0.25, -0.2) is 4.39 Å². The Kier molecular flexibility index (Phi) is 4.61. The average molecular weight is 341 g/mol. The van der Waals surface area contributed by atoms with Crippen molar-refractivity contribution in [2.75, 3.05) is 5.75 Å². The second-order valence-electron chi connectivity index (χ2n) is 3.88. The molecule has 0 bridgehead atoms. The first-order valence-electron chi connectivity index (χ1n) is 5.49. The van der Waals surface area contributed by atoms with E-state index < -0.39 is 10.8 Å². The van der Waals surface area contributed by atoms with Crippen molar-refractivity contribution in [2.24, 2.45) is 0 Å². The number of hydrogen-bond acceptors (Lipinski definition) is 2. The van der Waals surface area contributed by atoms with E-state index in [1.54, 1.807) is 18.2 Å². The Bertz CT molecular complexity index is 626. The number of carbonyl (C=O) groups is 1. The van der Waals surface area contributed by atoms with Gasteiger partial charge < -0.3 is 0 Å². The Morgan fingerprint density at radius 1 is 1.16 bits per heavy atom. The lowest BCUT2D eigenvalue weighted by Crippen LogP contribution is -2.11. The van der Waals surface area contributed by atoms with E-state index in [1.165, 1.54) is 24.3 Å². The van der Waals surface area contributed by atoms with Crippen LogP contribution in [-0.4, -0.2) is 15.7 Å². The molecule has 0 aromatic heterocycles.